The van der Waals surface area contributed by atoms with E-state index in [1.165, 1.54) is 12.1 Å². The zero-order valence-electron chi connectivity index (χ0n) is 10.7. The number of hydrogen-bond acceptors (Lipinski definition) is 3. The second kappa shape index (κ2) is 4.95. The molecular formula is C14H17FN2O. The van der Waals surface area contributed by atoms with Crippen molar-refractivity contribution in [1.29, 1.82) is 5.26 Å². The number of nitriles is 1. The average molecular weight is 248 g/mol. The third-order valence-corrected chi connectivity index (χ3v) is 3.09. The molecule has 0 bridgehead atoms. The largest absolute Gasteiger partial charge is 0.382 e. The molecule has 1 atom stereocenters. The van der Waals surface area contributed by atoms with Gasteiger partial charge < -0.3 is 10.1 Å². The van der Waals surface area contributed by atoms with Crippen molar-refractivity contribution in [2.75, 3.05) is 11.9 Å². The van der Waals surface area contributed by atoms with Crippen molar-refractivity contribution in [2.24, 2.45) is 0 Å². The van der Waals surface area contributed by atoms with Gasteiger partial charge in [0.05, 0.1) is 17.2 Å². The first-order valence-electron chi connectivity index (χ1n) is 6.10. The normalized spacial score (nSPS) is 22.2. The van der Waals surface area contributed by atoms with Crippen LogP contribution < -0.4 is 5.32 Å². The highest BCUT2D eigenvalue weighted by atomic mass is 19.1. The summed E-state index contributed by atoms with van der Waals surface area (Å²) in [5.74, 6) is -0.386. The number of hydrogen-bond donors (Lipinski definition) is 1. The Balaban J connectivity index is 2.10. The van der Waals surface area contributed by atoms with E-state index in [-0.39, 0.29) is 17.5 Å². The minimum atomic E-state index is -0.386. The topological polar surface area (TPSA) is 45.0 Å². The zero-order chi connectivity index (χ0) is 13.2. The van der Waals surface area contributed by atoms with Gasteiger partial charge in [-0.1, -0.05) is 0 Å². The number of nitrogens with one attached hydrogen (secondary N) is 1. The molecule has 4 heteroatoms. The predicted octanol–water partition coefficient (Wildman–Crippen LogP) is 3.07. The van der Waals surface area contributed by atoms with Gasteiger partial charge in [-0.25, -0.2) is 4.39 Å². The van der Waals surface area contributed by atoms with E-state index in [0.717, 1.165) is 12.8 Å². The molecule has 0 aromatic heterocycles. The van der Waals surface area contributed by atoms with Gasteiger partial charge in [-0.05, 0) is 44.9 Å². The van der Waals surface area contributed by atoms with Gasteiger partial charge >= 0.3 is 0 Å². The van der Waals surface area contributed by atoms with Crippen LogP contribution in [0.5, 0.6) is 0 Å². The smallest absolute Gasteiger partial charge is 0.126 e. The van der Waals surface area contributed by atoms with Crippen molar-refractivity contribution in [3.05, 3.63) is 29.6 Å². The molecule has 2 rings (SSSR count). The van der Waals surface area contributed by atoms with Crippen LogP contribution in [-0.4, -0.2) is 18.2 Å². The van der Waals surface area contributed by atoms with Crippen molar-refractivity contribution < 1.29 is 9.13 Å². The standard InChI is InChI=1S/C14H17FN2O/c1-14(2)8-12(3-4-18-14)17-13-6-10(9-16)5-11(15)7-13/h5-7,12,17H,3-4,8H2,1-2H3. The van der Waals surface area contributed by atoms with Gasteiger partial charge in [-0.15, -0.1) is 0 Å². The summed E-state index contributed by atoms with van der Waals surface area (Å²) in [6.07, 6.45) is 1.76. The minimum Gasteiger partial charge on any atom is -0.382 e. The fourth-order valence-corrected chi connectivity index (χ4v) is 2.33. The highest BCUT2D eigenvalue weighted by Crippen LogP contribution is 2.26. The summed E-state index contributed by atoms with van der Waals surface area (Å²) in [6, 6.07) is 6.54. The summed E-state index contributed by atoms with van der Waals surface area (Å²) < 4.78 is 18.9. The Labute approximate surface area is 107 Å². The molecule has 1 aromatic rings. The molecular weight excluding hydrogens is 231 g/mol. The Morgan fingerprint density at radius 1 is 1.44 bits per heavy atom. The van der Waals surface area contributed by atoms with Crippen molar-refractivity contribution in [3.63, 3.8) is 0 Å². The van der Waals surface area contributed by atoms with E-state index < -0.39 is 0 Å². The minimum absolute atomic E-state index is 0.151. The summed E-state index contributed by atoms with van der Waals surface area (Å²) in [5, 5.41) is 12.1. The maximum atomic E-state index is 13.3. The lowest BCUT2D eigenvalue weighted by Crippen LogP contribution is -2.40. The third kappa shape index (κ3) is 3.21. The Morgan fingerprint density at radius 3 is 2.89 bits per heavy atom. The summed E-state index contributed by atoms with van der Waals surface area (Å²) >= 11 is 0. The van der Waals surface area contributed by atoms with Crippen LogP contribution in [0.4, 0.5) is 10.1 Å². The predicted molar refractivity (Wildman–Crippen MR) is 67.8 cm³/mol. The lowest BCUT2D eigenvalue weighted by Gasteiger charge is -2.36. The number of halogens is 1. The van der Waals surface area contributed by atoms with E-state index in [0.29, 0.717) is 17.9 Å². The Hall–Kier alpha value is -1.60. The molecule has 3 nitrogen and oxygen atoms in total. The first-order valence-corrected chi connectivity index (χ1v) is 6.10. The molecule has 1 aliphatic rings. The molecule has 1 aromatic carbocycles. The Kier molecular flexibility index (Phi) is 3.53. The highest BCUT2D eigenvalue weighted by molar-refractivity contribution is 5.50. The lowest BCUT2D eigenvalue weighted by molar-refractivity contribution is -0.0553. The Bertz CT molecular complexity index is 479. The van der Waals surface area contributed by atoms with Crippen LogP contribution in [0, 0.1) is 17.1 Å². The number of rotatable bonds is 2. The molecule has 18 heavy (non-hydrogen) atoms. The van der Waals surface area contributed by atoms with Gasteiger partial charge in [0, 0.05) is 18.3 Å². The van der Waals surface area contributed by atoms with Gasteiger partial charge in [0.25, 0.3) is 0 Å². The van der Waals surface area contributed by atoms with Crippen molar-refractivity contribution in [1.82, 2.24) is 0 Å². The number of nitrogens with zero attached hydrogens (tertiary/aromatic N) is 1. The van der Waals surface area contributed by atoms with Gasteiger partial charge in [-0.2, -0.15) is 5.26 Å². The molecule has 0 radical (unpaired) electrons. The lowest BCUT2D eigenvalue weighted by atomic mass is 9.94. The van der Waals surface area contributed by atoms with Crippen molar-refractivity contribution in [3.8, 4) is 6.07 Å². The van der Waals surface area contributed by atoms with Crippen LogP contribution in [0.2, 0.25) is 0 Å². The molecule has 96 valence electrons. The van der Waals surface area contributed by atoms with E-state index in [1.54, 1.807) is 6.07 Å². The summed E-state index contributed by atoms with van der Waals surface area (Å²) in [5.41, 5.74) is 0.847. The van der Waals surface area contributed by atoms with E-state index in [4.69, 9.17) is 10.00 Å². The van der Waals surface area contributed by atoms with Gasteiger partial charge in [0.15, 0.2) is 0 Å². The molecule has 0 amide bonds. The molecule has 0 spiro atoms. The number of anilines is 1. The fourth-order valence-electron chi connectivity index (χ4n) is 2.33. The quantitative estimate of drug-likeness (QED) is 0.874. The number of ether oxygens (including phenoxy) is 1. The van der Waals surface area contributed by atoms with Crippen LogP contribution in [-0.2, 0) is 4.74 Å². The zero-order valence-corrected chi connectivity index (χ0v) is 10.7. The first kappa shape index (κ1) is 12.8. The third-order valence-electron chi connectivity index (χ3n) is 3.09. The van der Waals surface area contributed by atoms with Gasteiger partial charge in [-0.3, -0.25) is 0 Å². The fraction of sp³-hybridized carbons (Fsp3) is 0.500. The van der Waals surface area contributed by atoms with Crippen LogP contribution >= 0.6 is 0 Å². The van der Waals surface area contributed by atoms with Crippen molar-refractivity contribution in [2.45, 2.75) is 38.3 Å². The monoisotopic (exact) mass is 248 g/mol. The van der Waals surface area contributed by atoms with E-state index in [1.807, 2.05) is 19.9 Å². The van der Waals surface area contributed by atoms with E-state index in [9.17, 15) is 4.39 Å². The van der Waals surface area contributed by atoms with E-state index in [2.05, 4.69) is 5.32 Å². The molecule has 0 aliphatic carbocycles. The average Bonchev–Trinajstić information content (AvgIpc) is 2.26. The molecule has 1 aliphatic heterocycles. The molecule has 1 saturated heterocycles. The number of benzene rings is 1. The summed E-state index contributed by atoms with van der Waals surface area (Å²) in [4.78, 5) is 0. The molecule has 1 fully saturated rings. The second-order valence-corrected chi connectivity index (χ2v) is 5.28. The SMILES string of the molecule is CC1(C)CC(Nc2cc(F)cc(C#N)c2)CCO1. The van der Waals surface area contributed by atoms with Crippen LogP contribution in [0.3, 0.4) is 0 Å². The molecule has 1 N–H and O–H groups in total. The molecule has 1 heterocycles. The molecule has 1 unspecified atom stereocenters. The summed E-state index contributed by atoms with van der Waals surface area (Å²) in [7, 11) is 0. The van der Waals surface area contributed by atoms with Crippen LogP contribution in [0.1, 0.15) is 32.3 Å². The van der Waals surface area contributed by atoms with Gasteiger partial charge in [0.1, 0.15) is 5.82 Å². The first-order chi connectivity index (χ1) is 8.48. The molecule has 0 saturated carbocycles. The van der Waals surface area contributed by atoms with Crippen molar-refractivity contribution >= 4 is 5.69 Å². The van der Waals surface area contributed by atoms with Crippen LogP contribution in [0.25, 0.3) is 0 Å². The Morgan fingerprint density at radius 2 is 2.22 bits per heavy atom. The highest BCUT2D eigenvalue weighted by Gasteiger charge is 2.28. The second-order valence-electron chi connectivity index (χ2n) is 5.28. The maximum Gasteiger partial charge on any atom is 0.126 e. The van der Waals surface area contributed by atoms with Crippen LogP contribution in [0.15, 0.2) is 18.2 Å². The van der Waals surface area contributed by atoms with E-state index >= 15 is 0 Å². The maximum absolute atomic E-state index is 13.3. The van der Waals surface area contributed by atoms with Gasteiger partial charge in [0.2, 0.25) is 0 Å². The summed E-state index contributed by atoms with van der Waals surface area (Å²) in [6.45, 7) is 4.80.